The molecule has 0 amide bonds. The molecule has 0 spiro atoms. The van der Waals surface area contributed by atoms with E-state index in [0.29, 0.717) is 22.9 Å². The van der Waals surface area contributed by atoms with Crippen LogP contribution in [0.15, 0.2) is 118 Å². The molecule has 0 heterocycles. The Hall–Kier alpha value is -4.76. The van der Waals surface area contributed by atoms with Crippen LogP contribution in [0.2, 0.25) is 0 Å². The molecule has 0 saturated heterocycles. The molecule has 46 heavy (non-hydrogen) atoms. The molecule has 0 fully saturated rings. The standard InChI is InChI=1S/C37H44N4O5/c1-3-5-7-25-43-34-17-9-29(10-18-34)38-40-31-13-21-36(22-14-31)45-27-33(42)28-46-37-23-15-32(16-24-37)41-39-30-11-19-35(20-12-30)44-26-8-6-4-2/h9-24,33,42H,3-8,25-28H2,1-2H3. The van der Waals surface area contributed by atoms with Gasteiger partial charge in [-0.3, -0.25) is 0 Å². The van der Waals surface area contributed by atoms with Crippen LogP contribution >= 0.6 is 0 Å². The zero-order chi connectivity index (χ0) is 32.2. The molecule has 9 heteroatoms. The molecule has 1 N–H and O–H groups in total. The van der Waals surface area contributed by atoms with E-state index >= 15 is 0 Å². The van der Waals surface area contributed by atoms with Gasteiger partial charge in [-0.25, -0.2) is 0 Å². The van der Waals surface area contributed by atoms with Gasteiger partial charge in [0, 0.05) is 0 Å². The first kappa shape index (κ1) is 34.1. The number of rotatable bonds is 20. The predicted molar refractivity (Wildman–Crippen MR) is 181 cm³/mol. The first-order valence-electron chi connectivity index (χ1n) is 16.0. The minimum Gasteiger partial charge on any atom is -0.494 e. The Bertz CT molecular complexity index is 1350. The SMILES string of the molecule is CCCCCOc1ccc(N=Nc2ccc(OCC(O)COc3ccc(N=Nc4ccc(OCCCCC)cc4)cc3)cc2)cc1. The molecule has 0 atom stereocenters. The first-order valence-corrected chi connectivity index (χ1v) is 16.0. The Morgan fingerprint density at radius 2 is 0.717 bits per heavy atom. The Balaban J connectivity index is 1.13. The summed E-state index contributed by atoms with van der Waals surface area (Å²) >= 11 is 0. The van der Waals surface area contributed by atoms with Crippen molar-refractivity contribution in [3.63, 3.8) is 0 Å². The van der Waals surface area contributed by atoms with Gasteiger partial charge >= 0.3 is 0 Å². The van der Waals surface area contributed by atoms with E-state index in [0.717, 1.165) is 48.9 Å². The predicted octanol–water partition coefficient (Wildman–Crippen LogP) is 10.5. The maximum atomic E-state index is 10.3. The second-order valence-corrected chi connectivity index (χ2v) is 10.8. The van der Waals surface area contributed by atoms with Gasteiger partial charge in [-0.2, -0.15) is 20.5 Å². The van der Waals surface area contributed by atoms with Crippen LogP contribution in [0.4, 0.5) is 22.7 Å². The van der Waals surface area contributed by atoms with Crippen molar-refractivity contribution in [2.75, 3.05) is 26.4 Å². The number of benzene rings is 4. The van der Waals surface area contributed by atoms with Crippen LogP contribution in [0, 0.1) is 0 Å². The average molecular weight is 625 g/mol. The van der Waals surface area contributed by atoms with E-state index < -0.39 is 6.10 Å². The number of nitrogens with zero attached hydrogens (tertiary/aromatic N) is 4. The van der Waals surface area contributed by atoms with Gasteiger partial charge in [-0.05, 0) is 110 Å². The molecular weight excluding hydrogens is 580 g/mol. The summed E-state index contributed by atoms with van der Waals surface area (Å²) in [5, 5.41) is 27.5. The molecule has 4 aromatic carbocycles. The molecule has 0 saturated carbocycles. The number of azo groups is 2. The Labute approximate surface area is 271 Å². The number of hydrogen-bond donors (Lipinski definition) is 1. The van der Waals surface area contributed by atoms with Crippen molar-refractivity contribution in [3.05, 3.63) is 97.1 Å². The molecule has 0 radical (unpaired) electrons. The highest BCUT2D eigenvalue weighted by Gasteiger charge is 2.07. The smallest absolute Gasteiger partial charge is 0.122 e. The van der Waals surface area contributed by atoms with Crippen LogP contribution in [0.1, 0.15) is 52.4 Å². The molecule has 0 aliphatic rings. The highest BCUT2D eigenvalue weighted by molar-refractivity contribution is 5.45. The van der Waals surface area contributed by atoms with E-state index in [1.807, 2.05) is 72.8 Å². The summed E-state index contributed by atoms with van der Waals surface area (Å²) in [6, 6.07) is 29.5. The van der Waals surface area contributed by atoms with Crippen LogP contribution in [-0.2, 0) is 0 Å². The van der Waals surface area contributed by atoms with Gasteiger partial charge in [0.2, 0.25) is 0 Å². The van der Waals surface area contributed by atoms with Crippen molar-refractivity contribution in [2.24, 2.45) is 20.5 Å². The van der Waals surface area contributed by atoms with Crippen LogP contribution in [0.3, 0.4) is 0 Å². The summed E-state index contributed by atoms with van der Waals surface area (Å²) in [5.74, 6) is 2.90. The number of ether oxygens (including phenoxy) is 4. The monoisotopic (exact) mass is 624 g/mol. The average Bonchev–Trinajstić information content (AvgIpc) is 3.10. The van der Waals surface area contributed by atoms with E-state index in [1.54, 1.807) is 24.3 Å². The van der Waals surface area contributed by atoms with E-state index in [9.17, 15) is 5.11 Å². The lowest BCUT2D eigenvalue weighted by Gasteiger charge is -2.13. The van der Waals surface area contributed by atoms with Crippen molar-refractivity contribution in [1.29, 1.82) is 0 Å². The van der Waals surface area contributed by atoms with Gasteiger partial charge in [0.15, 0.2) is 0 Å². The molecule has 242 valence electrons. The van der Waals surface area contributed by atoms with E-state index in [4.69, 9.17) is 18.9 Å². The van der Waals surface area contributed by atoms with Crippen LogP contribution in [0.25, 0.3) is 0 Å². The van der Waals surface area contributed by atoms with Crippen molar-refractivity contribution in [1.82, 2.24) is 0 Å². The molecule has 0 aromatic heterocycles. The first-order chi connectivity index (χ1) is 22.6. The number of unbranched alkanes of at least 4 members (excludes halogenated alkanes) is 4. The second kappa shape index (κ2) is 19.6. The third kappa shape index (κ3) is 12.7. The lowest BCUT2D eigenvalue weighted by atomic mass is 10.2. The number of aliphatic hydroxyl groups is 1. The third-order valence-corrected chi connectivity index (χ3v) is 6.83. The van der Waals surface area contributed by atoms with E-state index in [2.05, 4.69) is 34.3 Å². The zero-order valence-corrected chi connectivity index (χ0v) is 26.8. The van der Waals surface area contributed by atoms with Gasteiger partial charge in [0.1, 0.15) is 42.3 Å². The van der Waals surface area contributed by atoms with Gasteiger partial charge < -0.3 is 24.1 Å². The lowest BCUT2D eigenvalue weighted by molar-refractivity contribution is 0.0626. The molecular formula is C37H44N4O5. The van der Waals surface area contributed by atoms with Crippen LogP contribution in [0.5, 0.6) is 23.0 Å². The Morgan fingerprint density at radius 3 is 1.00 bits per heavy atom. The van der Waals surface area contributed by atoms with Gasteiger partial charge in [-0.15, -0.1) is 0 Å². The van der Waals surface area contributed by atoms with Gasteiger partial charge in [-0.1, -0.05) is 39.5 Å². The molecule has 0 bridgehead atoms. The van der Waals surface area contributed by atoms with Gasteiger partial charge in [0.05, 0.1) is 36.0 Å². The van der Waals surface area contributed by atoms with Crippen molar-refractivity contribution < 1.29 is 24.1 Å². The second-order valence-electron chi connectivity index (χ2n) is 10.8. The highest BCUT2D eigenvalue weighted by Crippen LogP contribution is 2.25. The quantitative estimate of drug-likeness (QED) is 0.0777. The molecule has 0 aliphatic heterocycles. The van der Waals surface area contributed by atoms with Crippen LogP contribution in [-0.4, -0.2) is 37.6 Å². The summed E-state index contributed by atoms with van der Waals surface area (Å²) in [6.45, 7) is 5.97. The lowest BCUT2D eigenvalue weighted by Crippen LogP contribution is -2.25. The van der Waals surface area contributed by atoms with Crippen molar-refractivity contribution in [3.8, 4) is 23.0 Å². The van der Waals surface area contributed by atoms with Crippen LogP contribution < -0.4 is 18.9 Å². The minimum atomic E-state index is -0.809. The minimum absolute atomic E-state index is 0.0859. The van der Waals surface area contributed by atoms with Crippen molar-refractivity contribution >= 4 is 22.7 Å². The van der Waals surface area contributed by atoms with E-state index in [-0.39, 0.29) is 13.2 Å². The summed E-state index contributed by atoms with van der Waals surface area (Å²) in [4.78, 5) is 0. The highest BCUT2D eigenvalue weighted by atomic mass is 16.5. The summed E-state index contributed by atoms with van der Waals surface area (Å²) < 4.78 is 22.9. The molecule has 4 rings (SSSR count). The topological polar surface area (TPSA) is 107 Å². The number of aliphatic hydroxyl groups excluding tert-OH is 1. The fourth-order valence-corrected chi connectivity index (χ4v) is 4.18. The maximum Gasteiger partial charge on any atom is 0.122 e. The van der Waals surface area contributed by atoms with Gasteiger partial charge in [0.25, 0.3) is 0 Å². The molecule has 4 aromatic rings. The largest absolute Gasteiger partial charge is 0.494 e. The Morgan fingerprint density at radius 1 is 0.435 bits per heavy atom. The maximum absolute atomic E-state index is 10.3. The molecule has 0 unspecified atom stereocenters. The fraction of sp³-hybridized carbons (Fsp3) is 0.351. The molecule has 0 aliphatic carbocycles. The third-order valence-electron chi connectivity index (χ3n) is 6.83. The Kier molecular flexibility index (Phi) is 14.5. The summed E-state index contributed by atoms with van der Waals surface area (Å²) in [7, 11) is 0. The fourth-order valence-electron chi connectivity index (χ4n) is 4.18. The number of hydrogen-bond acceptors (Lipinski definition) is 9. The van der Waals surface area contributed by atoms with Crippen molar-refractivity contribution in [2.45, 2.75) is 58.5 Å². The normalized spacial score (nSPS) is 12.0. The summed E-state index contributed by atoms with van der Waals surface area (Å²) in [5.41, 5.74) is 2.88. The zero-order valence-electron chi connectivity index (χ0n) is 26.8. The molecule has 9 nitrogen and oxygen atoms in total. The summed E-state index contributed by atoms with van der Waals surface area (Å²) in [6.07, 6.45) is 5.99. The van der Waals surface area contributed by atoms with E-state index in [1.165, 1.54) is 25.7 Å².